The van der Waals surface area contributed by atoms with E-state index in [0.717, 1.165) is 28.6 Å². The molecule has 2 fully saturated rings. The molecule has 1 amide bonds. The molecule has 5 nitrogen and oxygen atoms in total. The summed E-state index contributed by atoms with van der Waals surface area (Å²) in [5.41, 5.74) is 3.22. The van der Waals surface area contributed by atoms with Gasteiger partial charge in [-0.3, -0.25) is 4.79 Å². The summed E-state index contributed by atoms with van der Waals surface area (Å²) in [6, 6.07) is 14.8. The average molecular weight is 437 g/mol. The molecule has 0 aliphatic carbocycles. The maximum absolute atomic E-state index is 13.7. The van der Waals surface area contributed by atoms with Crippen LogP contribution >= 0.6 is 0 Å². The second-order valence-corrected chi connectivity index (χ2v) is 8.68. The maximum atomic E-state index is 13.7. The molecule has 3 aromatic rings. The third kappa shape index (κ3) is 3.93. The number of halogens is 1. The molecule has 2 aliphatic rings. The number of carbonyl (C=O) groups excluding carboxylic acids is 1. The van der Waals surface area contributed by atoms with Gasteiger partial charge in [0.2, 0.25) is 5.91 Å². The van der Waals surface area contributed by atoms with E-state index in [-0.39, 0.29) is 17.6 Å². The molecule has 1 spiro atoms. The number of amides is 1. The van der Waals surface area contributed by atoms with Crippen LogP contribution in [0, 0.1) is 5.82 Å². The summed E-state index contributed by atoms with van der Waals surface area (Å²) >= 11 is 0. The second-order valence-electron chi connectivity index (χ2n) is 8.68. The van der Waals surface area contributed by atoms with Gasteiger partial charge in [-0.2, -0.15) is 0 Å². The number of nitrogens with zero attached hydrogens (tertiary/aromatic N) is 2. The second kappa shape index (κ2) is 8.68. The van der Waals surface area contributed by atoms with Crippen molar-refractivity contribution in [3.63, 3.8) is 0 Å². The average Bonchev–Trinajstić information content (AvgIpc) is 3.43. The van der Waals surface area contributed by atoms with Crippen LogP contribution in [0.15, 0.2) is 54.7 Å². The van der Waals surface area contributed by atoms with Crippen molar-refractivity contribution in [2.45, 2.75) is 44.4 Å². The zero-order chi connectivity index (χ0) is 22.1. The van der Waals surface area contributed by atoms with E-state index in [1.807, 2.05) is 17.0 Å². The summed E-state index contributed by atoms with van der Waals surface area (Å²) in [7, 11) is 0. The van der Waals surface area contributed by atoms with Crippen LogP contribution < -0.4 is 0 Å². The Bertz CT molecular complexity index is 1090. The Balaban J connectivity index is 1.44. The molecule has 168 valence electrons. The molecule has 2 aromatic carbocycles. The highest BCUT2D eigenvalue weighted by Gasteiger charge is 2.41. The molecule has 0 radical (unpaired) electrons. The molecule has 1 aromatic heterocycles. The number of aromatic nitrogens is 1. The van der Waals surface area contributed by atoms with E-state index < -0.39 is 5.79 Å². The molecule has 32 heavy (non-hydrogen) atoms. The zero-order valence-electron chi connectivity index (χ0n) is 18.4. The van der Waals surface area contributed by atoms with Crippen LogP contribution in [0.3, 0.4) is 0 Å². The van der Waals surface area contributed by atoms with Crippen LogP contribution in [0.4, 0.5) is 4.39 Å². The molecule has 0 N–H and O–H groups in total. The minimum atomic E-state index is -0.498. The van der Waals surface area contributed by atoms with Gasteiger partial charge in [0.05, 0.1) is 13.2 Å². The first kappa shape index (κ1) is 21.2. The lowest BCUT2D eigenvalue weighted by molar-refractivity contribution is -0.187. The van der Waals surface area contributed by atoms with Gasteiger partial charge < -0.3 is 18.9 Å². The monoisotopic (exact) mass is 436 g/mol. The standard InChI is InChI=1S/C26H29FN2O3/c1-2-28-18-23(21-5-3-4-6-24(21)28)22(19-7-9-20(27)10-8-19)17-25(30)29-13-11-26(12-14-29)31-15-16-32-26/h3-10,18,22H,2,11-17H2,1H3. The topological polar surface area (TPSA) is 43.7 Å². The molecule has 6 heteroatoms. The minimum Gasteiger partial charge on any atom is -0.347 e. The molecule has 1 atom stereocenters. The van der Waals surface area contributed by atoms with Crippen molar-refractivity contribution in [1.82, 2.24) is 9.47 Å². The van der Waals surface area contributed by atoms with E-state index in [2.05, 4.69) is 29.8 Å². The van der Waals surface area contributed by atoms with Gasteiger partial charge in [0, 0.05) is 61.9 Å². The van der Waals surface area contributed by atoms with Gasteiger partial charge in [-0.15, -0.1) is 0 Å². The number of hydrogen-bond acceptors (Lipinski definition) is 3. The molecule has 0 saturated carbocycles. The van der Waals surface area contributed by atoms with Crippen LogP contribution in [-0.4, -0.2) is 47.5 Å². The van der Waals surface area contributed by atoms with Gasteiger partial charge in [-0.1, -0.05) is 30.3 Å². The Morgan fingerprint density at radius 2 is 1.75 bits per heavy atom. The number of piperidine rings is 1. The van der Waals surface area contributed by atoms with E-state index in [1.165, 1.54) is 12.1 Å². The van der Waals surface area contributed by atoms with E-state index >= 15 is 0 Å². The number of rotatable bonds is 5. The maximum Gasteiger partial charge on any atom is 0.223 e. The zero-order valence-corrected chi connectivity index (χ0v) is 18.4. The Hall–Kier alpha value is -2.70. The number of carbonyl (C=O) groups is 1. The number of hydrogen-bond donors (Lipinski definition) is 0. The summed E-state index contributed by atoms with van der Waals surface area (Å²) in [5.74, 6) is -0.800. The van der Waals surface area contributed by atoms with Crippen LogP contribution in [0.2, 0.25) is 0 Å². The van der Waals surface area contributed by atoms with Crippen LogP contribution in [-0.2, 0) is 20.8 Å². The van der Waals surface area contributed by atoms with Crippen molar-refractivity contribution in [3.8, 4) is 0 Å². The molecule has 5 rings (SSSR count). The first-order valence-electron chi connectivity index (χ1n) is 11.5. The number of fused-ring (bicyclic) bond motifs is 1. The largest absolute Gasteiger partial charge is 0.347 e. The van der Waals surface area contributed by atoms with Crippen molar-refractivity contribution in [2.24, 2.45) is 0 Å². The molecule has 2 saturated heterocycles. The smallest absolute Gasteiger partial charge is 0.223 e. The van der Waals surface area contributed by atoms with Gasteiger partial charge in [0.25, 0.3) is 0 Å². The van der Waals surface area contributed by atoms with Crippen molar-refractivity contribution < 1.29 is 18.7 Å². The predicted octanol–water partition coefficient (Wildman–Crippen LogP) is 4.69. The van der Waals surface area contributed by atoms with Gasteiger partial charge in [0.1, 0.15) is 5.82 Å². The number of ether oxygens (including phenoxy) is 2. The lowest BCUT2D eigenvalue weighted by atomic mass is 9.87. The lowest BCUT2D eigenvalue weighted by Crippen LogP contribution is -2.47. The van der Waals surface area contributed by atoms with E-state index in [1.54, 1.807) is 12.1 Å². The third-order valence-corrected chi connectivity index (χ3v) is 6.88. The van der Waals surface area contributed by atoms with Gasteiger partial charge in [-0.05, 0) is 36.2 Å². The quantitative estimate of drug-likeness (QED) is 0.583. The third-order valence-electron chi connectivity index (χ3n) is 6.88. The highest BCUT2D eigenvalue weighted by molar-refractivity contribution is 5.86. The number of aryl methyl sites for hydroxylation is 1. The number of likely N-dealkylation sites (tertiary alicyclic amines) is 1. The Labute approximate surface area is 187 Å². The Kier molecular flexibility index (Phi) is 5.74. The summed E-state index contributed by atoms with van der Waals surface area (Å²) in [5, 5.41) is 1.14. The van der Waals surface area contributed by atoms with E-state index in [4.69, 9.17) is 9.47 Å². The van der Waals surface area contributed by atoms with Crippen molar-refractivity contribution in [2.75, 3.05) is 26.3 Å². The number of para-hydroxylation sites is 1. The first-order chi connectivity index (χ1) is 15.6. The fourth-order valence-electron chi connectivity index (χ4n) is 5.10. The normalized spacial score (nSPS) is 19.0. The predicted molar refractivity (Wildman–Crippen MR) is 121 cm³/mol. The van der Waals surface area contributed by atoms with Crippen molar-refractivity contribution >= 4 is 16.8 Å². The SMILES string of the molecule is CCn1cc(C(CC(=O)N2CCC3(CC2)OCCO3)c2ccc(F)cc2)c2ccccc21. The van der Waals surface area contributed by atoms with Crippen molar-refractivity contribution in [3.05, 3.63) is 71.7 Å². The number of benzene rings is 2. The van der Waals surface area contributed by atoms with Crippen LogP contribution in [0.5, 0.6) is 0 Å². The lowest BCUT2D eigenvalue weighted by Gasteiger charge is -2.38. The Morgan fingerprint density at radius 1 is 1.06 bits per heavy atom. The molecular weight excluding hydrogens is 407 g/mol. The molecule has 3 heterocycles. The van der Waals surface area contributed by atoms with E-state index in [9.17, 15) is 9.18 Å². The van der Waals surface area contributed by atoms with Crippen molar-refractivity contribution in [1.29, 1.82) is 0 Å². The fourth-order valence-corrected chi connectivity index (χ4v) is 5.10. The van der Waals surface area contributed by atoms with Crippen LogP contribution in [0.1, 0.15) is 43.2 Å². The fraction of sp³-hybridized carbons (Fsp3) is 0.423. The Morgan fingerprint density at radius 3 is 2.44 bits per heavy atom. The minimum absolute atomic E-state index is 0.112. The summed E-state index contributed by atoms with van der Waals surface area (Å²) in [6.07, 6.45) is 3.90. The molecule has 2 aliphatic heterocycles. The highest BCUT2D eigenvalue weighted by Crippen LogP contribution is 2.37. The molecular formula is C26H29FN2O3. The van der Waals surface area contributed by atoms with Gasteiger partial charge in [0.15, 0.2) is 5.79 Å². The summed E-state index contributed by atoms with van der Waals surface area (Å²) < 4.78 is 27.5. The highest BCUT2D eigenvalue weighted by atomic mass is 19.1. The molecule has 1 unspecified atom stereocenters. The summed E-state index contributed by atoms with van der Waals surface area (Å²) in [6.45, 7) is 5.48. The van der Waals surface area contributed by atoms with Crippen LogP contribution in [0.25, 0.3) is 10.9 Å². The molecule has 0 bridgehead atoms. The van der Waals surface area contributed by atoms with E-state index in [0.29, 0.717) is 45.6 Å². The van der Waals surface area contributed by atoms with Gasteiger partial charge in [-0.25, -0.2) is 4.39 Å². The first-order valence-corrected chi connectivity index (χ1v) is 11.5. The summed E-state index contributed by atoms with van der Waals surface area (Å²) in [4.78, 5) is 15.3. The van der Waals surface area contributed by atoms with Gasteiger partial charge >= 0.3 is 0 Å².